The van der Waals surface area contributed by atoms with Crippen LogP contribution >= 0.6 is 0 Å². The van der Waals surface area contributed by atoms with Gasteiger partial charge >= 0.3 is 6.18 Å². The molecular weight excluding hydrogens is 257 g/mol. The zero-order chi connectivity index (χ0) is 14.0. The summed E-state index contributed by atoms with van der Waals surface area (Å²) < 4.78 is 43.0. The first-order chi connectivity index (χ1) is 8.91. The average Bonchev–Trinajstić information content (AvgIpc) is 2.38. The Hall–Kier alpha value is -2.17. The van der Waals surface area contributed by atoms with Crippen LogP contribution in [0, 0.1) is 0 Å². The van der Waals surface area contributed by atoms with Crippen molar-refractivity contribution in [2.45, 2.75) is 6.18 Å². The minimum absolute atomic E-state index is 0.119. The SMILES string of the molecule is COc1cccc(-c2cc(C(F)(F)F)ccc2O)c1. The average molecular weight is 268 g/mol. The predicted molar refractivity (Wildman–Crippen MR) is 65.1 cm³/mol. The molecule has 0 atom stereocenters. The number of methoxy groups -OCH3 is 1. The molecule has 5 heteroatoms. The minimum atomic E-state index is -4.44. The molecule has 0 saturated carbocycles. The molecule has 0 aliphatic heterocycles. The van der Waals surface area contributed by atoms with E-state index in [4.69, 9.17) is 4.74 Å². The maximum absolute atomic E-state index is 12.7. The molecular formula is C14H11F3O2. The number of rotatable bonds is 2. The number of hydrogen-bond acceptors (Lipinski definition) is 2. The molecule has 0 aliphatic carbocycles. The number of phenolic OH excluding ortho intramolecular Hbond substituents is 1. The summed E-state index contributed by atoms with van der Waals surface area (Å²) in [6.07, 6.45) is -4.44. The summed E-state index contributed by atoms with van der Waals surface area (Å²) in [5, 5.41) is 9.71. The van der Waals surface area contributed by atoms with Crippen LogP contribution in [0.5, 0.6) is 11.5 Å². The summed E-state index contributed by atoms with van der Waals surface area (Å²) in [6.45, 7) is 0. The van der Waals surface area contributed by atoms with Crippen LogP contribution in [0.2, 0.25) is 0 Å². The Morgan fingerprint density at radius 3 is 2.42 bits per heavy atom. The molecule has 0 radical (unpaired) electrons. The van der Waals surface area contributed by atoms with Crippen molar-refractivity contribution in [1.29, 1.82) is 0 Å². The van der Waals surface area contributed by atoms with Crippen molar-refractivity contribution in [3.8, 4) is 22.6 Å². The third-order valence-electron chi connectivity index (χ3n) is 2.70. The van der Waals surface area contributed by atoms with Crippen LogP contribution in [-0.2, 0) is 6.18 Å². The van der Waals surface area contributed by atoms with Crippen LogP contribution in [0.1, 0.15) is 5.56 Å². The number of aromatic hydroxyl groups is 1. The smallest absolute Gasteiger partial charge is 0.416 e. The van der Waals surface area contributed by atoms with Gasteiger partial charge in [-0.2, -0.15) is 13.2 Å². The second-order valence-corrected chi connectivity index (χ2v) is 3.96. The van der Waals surface area contributed by atoms with E-state index in [1.807, 2.05) is 0 Å². The lowest BCUT2D eigenvalue weighted by molar-refractivity contribution is -0.137. The Morgan fingerprint density at radius 2 is 1.79 bits per heavy atom. The monoisotopic (exact) mass is 268 g/mol. The van der Waals surface area contributed by atoms with E-state index in [0.717, 1.165) is 18.2 Å². The molecule has 0 aromatic heterocycles. The fourth-order valence-corrected chi connectivity index (χ4v) is 1.73. The van der Waals surface area contributed by atoms with Crippen LogP contribution in [0.4, 0.5) is 13.2 Å². The van der Waals surface area contributed by atoms with Gasteiger partial charge in [0.05, 0.1) is 12.7 Å². The van der Waals surface area contributed by atoms with E-state index in [-0.39, 0.29) is 11.3 Å². The predicted octanol–water partition coefficient (Wildman–Crippen LogP) is 4.09. The van der Waals surface area contributed by atoms with Crippen molar-refractivity contribution in [2.75, 3.05) is 7.11 Å². The highest BCUT2D eigenvalue weighted by Crippen LogP contribution is 2.37. The van der Waals surface area contributed by atoms with E-state index in [1.165, 1.54) is 7.11 Å². The highest BCUT2D eigenvalue weighted by molar-refractivity contribution is 5.72. The first kappa shape index (κ1) is 13.3. The Bertz CT molecular complexity index is 591. The lowest BCUT2D eigenvalue weighted by atomic mass is 10.0. The van der Waals surface area contributed by atoms with Gasteiger partial charge in [0.1, 0.15) is 11.5 Å². The number of alkyl halides is 3. The molecule has 19 heavy (non-hydrogen) atoms. The van der Waals surface area contributed by atoms with E-state index in [9.17, 15) is 18.3 Å². The quantitative estimate of drug-likeness (QED) is 0.889. The van der Waals surface area contributed by atoms with E-state index in [1.54, 1.807) is 24.3 Å². The topological polar surface area (TPSA) is 29.5 Å². The van der Waals surface area contributed by atoms with Gasteiger partial charge in [-0.05, 0) is 35.9 Å². The molecule has 0 unspecified atom stereocenters. The number of benzene rings is 2. The third-order valence-corrected chi connectivity index (χ3v) is 2.70. The summed E-state index contributed by atoms with van der Waals surface area (Å²) in [5.74, 6) is 0.301. The molecule has 2 nitrogen and oxygen atoms in total. The van der Waals surface area contributed by atoms with Gasteiger partial charge in [0.15, 0.2) is 0 Å². The number of hydrogen-bond donors (Lipinski definition) is 1. The largest absolute Gasteiger partial charge is 0.507 e. The van der Waals surface area contributed by atoms with Crippen LogP contribution < -0.4 is 4.74 Å². The Morgan fingerprint density at radius 1 is 1.05 bits per heavy atom. The highest BCUT2D eigenvalue weighted by Gasteiger charge is 2.31. The first-order valence-corrected chi connectivity index (χ1v) is 5.46. The molecule has 0 amide bonds. The molecule has 0 fully saturated rings. The molecule has 0 spiro atoms. The number of halogens is 3. The Kier molecular flexibility index (Phi) is 3.38. The van der Waals surface area contributed by atoms with Gasteiger partial charge in [0.2, 0.25) is 0 Å². The van der Waals surface area contributed by atoms with Crippen LogP contribution in [0.15, 0.2) is 42.5 Å². The van der Waals surface area contributed by atoms with Gasteiger partial charge in [-0.25, -0.2) is 0 Å². The fourth-order valence-electron chi connectivity index (χ4n) is 1.73. The van der Waals surface area contributed by atoms with E-state index >= 15 is 0 Å². The zero-order valence-corrected chi connectivity index (χ0v) is 10.0. The molecule has 0 heterocycles. The summed E-state index contributed by atoms with van der Waals surface area (Å²) in [6, 6.07) is 9.30. The maximum Gasteiger partial charge on any atom is 0.416 e. The summed E-state index contributed by atoms with van der Waals surface area (Å²) in [7, 11) is 1.46. The lowest BCUT2D eigenvalue weighted by Gasteiger charge is -2.11. The van der Waals surface area contributed by atoms with Gasteiger partial charge in [-0.15, -0.1) is 0 Å². The second-order valence-electron chi connectivity index (χ2n) is 3.96. The van der Waals surface area contributed by atoms with Gasteiger partial charge in [-0.1, -0.05) is 12.1 Å². The Labute approximate surface area is 108 Å². The van der Waals surface area contributed by atoms with Crippen LogP contribution in [0.25, 0.3) is 11.1 Å². The maximum atomic E-state index is 12.7. The molecule has 0 aliphatic rings. The Balaban J connectivity index is 2.54. The fraction of sp³-hybridized carbons (Fsp3) is 0.143. The van der Waals surface area contributed by atoms with Crippen molar-refractivity contribution in [2.24, 2.45) is 0 Å². The van der Waals surface area contributed by atoms with E-state index in [2.05, 4.69) is 0 Å². The van der Waals surface area contributed by atoms with Crippen molar-refractivity contribution < 1.29 is 23.0 Å². The molecule has 100 valence electrons. The standard InChI is InChI=1S/C14H11F3O2/c1-19-11-4-2-3-9(7-11)12-8-10(14(15,16)17)5-6-13(12)18/h2-8,18H,1H3. The van der Waals surface area contributed by atoms with E-state index < -0.39 is 11.7 Å². The molecule has 1 N–H and O–H groups in total. The van der Waals surface area contributed by atoms with Crippen molar-refractivity contribution >= 4 is 0 Å². The molecule has 2 rings (SSSR count). The molecule has 2 aromatic rings. The zero-order valence-electron chi connectivity index (χ0n) is 10.0. The van der Waals surface area contributed by atoms with Gasteiger partial charge in [-0.3, -0.25) is 0 Å². The summed E-state index contributed by atoms with van der Waals surface area (Å²) in [5.41, 5.74) is -0.222. The van der Waals surface area contributed by atoms with Crippen molar-refractivity contribution in [3.63, 3.8) is 0 Å². The van der Waals surface area contributed by atoms with Crippen molar-refractivity contribution in [1.82, 2.24) is 0 Å². The number of ether oxygens (including phenoxy) is 1. The van der Waals surface area contributed by atoms with Gasteiger partial charge in [0, 0.05) is 5.56 Å². The minimum Gasteiger partial charge on any atom is -0.507 e. The first-order valence-electron chi connectivity index (χ1n) is 5.46. The molecule has 0 bridgehead atoms. The van der Waals surface area contributed by atoms with Crippen LogP contribution in [0.3, 0.4) is 0 Å². The lowest BCUT2D eigenvalue weighted by Crippen LogP contribution is -2.04. The van der Waals surface area contributed by atoms with E-state index in [0.29, 0.717) is 11.3 Å². The summed E-state index contributed by atoms with van der Waals surface area (Å²) in [4.78, 5) is 0. The van der Waals surface area contributed by atoms with Crippen LogP contribution in [-0.4, -0.2) is 12.2 Å². The van der Waals surface area contributed by atoms with Gasteiger partial charge in [0.25, 0.3) is 0 Å². The molecule has 0 saturated heterocycles. The molecule has 2 aromatic carbocycles. The highest BCUT2D eigenvalue weighted by atomic mass is 19.4. The second kappa shape index (κ2) is 4.84. The summed E-state index contributed by atoms with van der Waals surface area (Å²) >= 11 is 0. The number of phenols is 1. The van der Waals surface area contributed by atoms with Crippen molar-refractivity contribution in [3.05, 3.63) is 48.0 Å². The van der Waals surface area contributed by atoms with Gasteiger partial charge < -0.3 is 9.84 Å². The normalized spacial score (nSPS) is 11.4. The third kappa shape index (κ3) is 2.81.